The lowest BCUT2D eigenvalue weighted by Crippen LogP contribution is -2.57. The van der Waals surface area contributed by atoms with E-state index >= 15 is 0 Å². The molecule has 0 spiro atoms. The summed E-state index contributed by atoms with van der Waals surface area (Å²) in [6, 6.07) is 30.0. The molecule has 0 radical (unpaired) electrons. The van der Waals surface area contributed by atoms with Crippen LogP contribution in [0.2, 0.25) is 0 Å². The van der Waals surface area contributed by atoms with Crippen molar-refractivity contribution in [2.24, 2.45) is 11.5 Å². The number of nitrogens with zero attached hydrogens (tertiary/aromatic N) is 2. The number of benzene rings is 4. The van der Waals surface area contributed by atoms with Crippen LogP contribution in [0.4, 0.5) is 0 Å². The second-order valence-electron chi connectivity index (χ2n) is 11.1. The number of amides is 2. The lowest BCUT2D eigenvalue weighted by atomic mass is 9.90. The number of fused-ring (bicyclic) bond motifs is 1. The van der Waals surface area contributed by atoms with Crippen LogP contribution in [-0.2, 0) is 27.3 Å². The molecule has 1 aliphatic heterocycles. The van der Waals surface area contributed by atoms with Gasteiger partial charge in [-0.1, -0.05) is 78.9 Å². The fourth-order valence-corrected chi connectivity index (χ4v) is 5.65. The second kappa shape index (κ2) is 15.3. The zero-order valence-electron chi connectivity index (χ0n) is 25.5. The van der Waals surface area contributed by atoms with Crippen LogP contribution in [0.3, 0.4) is 0 Å². The highest BCUT2D eigenvalue weighted by molar-refractivity contribution is 6.11. The molecule has 5 rings (SSSR count). The summed E-state index contributed by atoms with van der Waals surface area (Å²) in [6.07, 6.45) is 0.452. The highest BCUT2D eigenvalue weighted by atomic mass is 16.7. The van der Waals surface area contributed by atoms with Crippen molar-refractivity contribution in [3.05, 3.63) is 125 Å². The van der Waals surface area contributed by atoms with Crippen molar-refractivity contribution >= 4 is 17.6 Å². The molecule has 1 heterocycles. The standard InChI is InChI=1S/C36H38N4O6/c37-20-31(42)35(36(44)40(34(43)21-38)23-30(27-7-3-1-4-8-27)28-9-5-2-6-10-28)39(18-17-25-11-14-29(41)15-12-25)22-26-13-16-32-33(19-26)46-24-45-32/h1-16,19,30,35,41H,17-18,20-24,37-38H2/t35-/m0/s1. The van der Waals surface area contributed by atoms with E-state index in [-0.39, 0.29) is 38.1 Å². The Morgan fingerprint density at radius 1 is 0.761 bits per heavy atom. The summed E-state index contributed by atoms with van der Waals surface area (Å²) in [5.41, 5.74) is 15.2. The molecule has 2 amide bonds. The fourth-order valence-electron chi connectivity index (χ4n) is 5.65. The van der Waals surface area contributed by atoms with Crippen molar-refractivity contribution in [1.29, 1.82) is 0 Å². The first-order chi connectivity index (χ1) is 22.4. The quantitative estimate of drug-likeness (QED) is 0.180. The highest BCUT2D eigenvalue weighted by Gasteiger charge is 2.38. The van der Waals surface area contributed by atoms with Crippen LogP contribution in [-0.4, -0.2) is 71.5 Å². The Labute approximate surface area is 268 Å². The number of hydrogen-bond donors (Lipinski definition) is 3. The van der Waals surface area contributed by atoms with Crippen molar-refractivity contribution in [3.8, 4) is 17.2 Å². The molecule has 1 atom stereocenters. The smallest absolute Gasteiger partial charge is 0.254 e. The first-order valence-corrected chi connectivity index (χ1v) is 15.2. The summed E-state index contributed by atoms with van der Waals surface area (Å²) < 4.78 is 11.0. The molecule has 46 heavy (non-hydrogen) atoms. The number of carbonyl (C=O) groups is 3. The van der Waals surface area contributed by atoms with Crippen LogP contribution in [0, 0.1) is 0 Å². The van der Waals surface area contributed by atoms with Gasteiger partial charge in [-0.15, -0.1) is 0 Å². The van der Waals surface area contributed by atoms with Gasteiger partial charge in [0.05, 0.1) is 13.1 Å². The Bertz CT molecular complexity index is 1590. The Hall–Kier alpha value is -5.03. The Morgan fingerprint density at radius 3 is 1.98 bits per heavy atom. The maximum Gasteiger partial charge on any atom is 0.254 e. The fraction of sp³-hybridized carbons (Fsp3) is 0.250. The number of hydrogen-bond acceptors (Lipinski definition) is 9. The van der Waals surface area contributed by atoms with Crippen molar-refractivity contribution in [2.45, 2.75) is 24.9 Å². The second-order valence-corrected chi connectivity index (χ2v) is 11.1. The molecule has 0 saturated carbocycles. The molecule has 10 heteroatoms. The molecule has 1 aliphatic rings. The van der Waals surface area contributed by atoms with Gasteiger partial charge in [0, 0.05) is 25.6 Å². The predicted octanol–water partition coefficient (Wildman–Crippen LogP) is 3.21. The van der Waals surface area contributed by atoms with Gasteiger partial charge in [-0.25, -0.2) is 0 Å². The van der Waals surface area contributed by atoms with Gasteiger partial charge >= 0.3 is 0 Å². The van der Waals surface area contributed by atoms with Crippen LogP contribution in [0.5, 0.6) is 17.2 Å². The topological polar surface area (TPSA) is 148 Å². The third-order valence-electron chi connectivity index (χ3n) is 8.06. The van der Waals surface area contributed by atoms with Gasteiger partial charge in [0.25, 0.3) is 5.91 Å². The summed E-state index contributed by atoms with van der Waals surface area (Å²) in [6.45, 7) is -0.279. The van der Waals surface area contributed by atoms with Crippen LogP contribution in [0.1, 0.15) is 28.2 Å². The van der Waals surface area contributed by atoms with Gasteiger partial charge in [0.15, 0.2) is 23.3 Å². The predicted molar refractivity (Wildman–Crippen MR) is 173 cm³/mol. The summed E-state index contributed by atoms with van der Waals surface area (Å²) in [5, 5.41) is 9.76. The SMILES string of the molecule is NCC(=O)[C@@H](C(=O)N(CC(c1ccccc1)c1ccccc1)C(=O)CN)N(CCc1ccc(O)cc1)Cc1ccc2c(c1)OCO2. The number of nitrogens with two attached hydrogens (primary N) is 2. The lowest BCUT2D eigenvalue weighted by molar-refractivity contribution is -0.150. The molecular formula is C36H38N4O6. The number of phenols is 1. The van der Waals surface area contributed by atoms with Gasteiger partial charge in [-0.2, -0.15) is 0 Å². The Morgan fingerprint density at radius 2 is 1.37 bits per heavy atom. The summed E-state index contributed by atoms with van der Waals surface area (Å²) in [4.78, 5) is 44.5. The van der Waals surface area contributed by atoms with E-state index in [2.05, 4.69) is 0 Å². The number of ketones is 1. The van der Waals surface area contributed by atoms with E-state index in [1.165, 1.54) is 0 Å². The molecule has 4 aromatic rings. The number of Topliss-reactive ketones (excluding diaryl/α,β-unsaturated/α-hetero) is 1. The summed E-state index contributed by atoms with van der Waals surface area (Å²) in [7, 11) is 0. The summed E-state index contributed by atoms with van der Waals surface area (Å²) >= 11 is 0. The minimum Gasteiger partial charge on any atom is -0.508 e. The van der Waals surface area contributed by atoms with Gasteiger partial charge in [-0.05, 0) is 52.9 Å². The highest BCUT2D eigenvalue weighted by Crippen LogP contribution is 2.33. The van der Waals surface area contributed by atoms with Crippen molar-refractivity contribution in [2.75, 3.05) is 33.0 Å². The van der Waals surface area contributed by atoms with Crippen LogP contribution in [0.15, 0.2) is 103 Å². The van der Waals surface area contributed by atoms with Crippen LogP contribution >= 0.6 is 0 Å². The molecule has 0 saturated heterocycles. The number of carbonyl (C=O) groups excluding carboxylic acids is 3. The van der Waals surface area contributed by atoms with Crippen LogP contribution < -0.4 is 20.9 Å². The average Bonchev–Trinajstić information content (AvgIpc) is 3.57. The molecule has 0 bridgehead atoms. The number of rotatable bonds is 14. The molecule has 0 aromatic heterocycles. The molecule has 0 fully saturated rings. The third kappa shape index (κ3) is 7.78. The molecule has 10 nitrogen and oxygen atoms in total. The first-order valence-electron chi connectivity index (χ1n) is 15.2. The van der Waals surface area contributed by atoms with Crippen molar-refractivity contribution in [1.82, 2.24) is 9.80 Å². The number of phenolic OH excluding ortho intramolecular Hbond substituents is 1. The minimum atomic E-state index is -1.37. The van der Waals surface area contributed by atoms with E-state index in [4.69, 9.17) is 20.9 Å². The largest absolute Gasteiger partial charge is 0.508 e. The third-order valence-corrected chi connectivity index (χ3v) is 8.06. The Balaban J connectivity index is 1.51. The molecule has 5 N–H and O–H groups in total. The van der Waals surface area contributed by atoms with Gasteiger partial charge in [-0.3, -0.25) is 24.2 Å². The van der Waals surface area contributed by atoms with E-state index in [1.807, 2.05) is 72.8 Å². The normalized spacial score (nSPS) is 12.7. The van der Waals surface area contributed by atoms with Crippen LogP contribution in [0.25, 0.3) is 0 Å². The zero-order valence-corrected chi connectivity index (χ0v) is 25.5. The minimum absolute atomic E-state index is 0.0208. The number of ether oxygens (including phenoxy) is 2. The number of aromatic hydroxyl groups is 1. The van der Waals surface area contributed by atoms with E-state index < -0.39 is 36.7 Å². The zero-order chi connectivity index (χ0) is 32.5. The molecular weight excluding hydrogens is 584 g/mol. The van der Waals surface area contributed by atoms with Crippen molar-refractivity contribution in [3.63, 3.8) is 0 Å². The maximum atomic E-state index is 14.6. The van der Waals surface area contributed by atoms with E-state index in [0.29, 0.717) is 17.9 Å². The van der Waals surface area contributed by atoms with Gasteiger partial charge < -0.3 is 26.0 Å². The van der Waals surface area contributed by atoms with E-state index in [9.17, 15) is 19.5 Å². The number of imide groups is 1. The van der Waals surface area contributed by atoms with Crippen molar-refractivity contribution < 1.29 is 29.0 Å². The summed E-state index contributed by atoms with van der Waals surface area (Å²) in [5.74, 6) is -0.866. The van der Waals surface area contributed by atoms with E-state index in [1.54, 1.807) is 35.2 Å². The molecule has 0 unspecified atom stereocenters. The molecule has 238 valence electrons. The Kier molecular flexibility index (Phi) is 10.8. The monoisotopic (exact) mass is 622 g/mol. The lowest BCUT2D eigenvalue weighted by Gasteiger charge is -2.34. The van der Waals surface area contributed by atoms with Gasteiger partial charge in [0.1, 0.15) is 5.75 Å². The average molecular weight is 623 g/mol. The maximum absolute atomic E-state index is 14.6. The first kappa shape index (κ1) is 32.4. The molecule has 0 aliphatic carbocycles. The van der Waals surface area contributed by atoms with Gasteiger partial charge in [0.2, 0.25) is 12.7 Å². The van der Waals surface area contributed by atoms with E-state index in [0.717, 1.165) is 27.2 Å². The molecule has 4 aromatic carbocycles.